The Balaban J connectivity index is 1.27. The molecule has 3 heterocycles. The van der Waals surface area contributed by atoms with E-state index >= 15 is 0 Å². The van der Waals surface area contributed by atoms with Crippen LogP contribution in [0, 0.1) is 0 Å². The number of thiophene rings is 1. The topological polar surface area (TPSA) is 57.7 Å². The van der Waals surface area contributed by atoms with Crippen LogP contribution in [0.1, 0.15) is 22.2 Å². The summed E-state index contributed by atoms with van der Waals surface area (Å²) in [4.78, 5) is 24.0. The van der Waals surface area contributed by atoms with Crippen LogP contribution in [0.2, 0.25) is 5.02 Å². The van der Waals surface area contributed by atoms with Crippen molar-refractivity contribution in [2.45, 2.75) is 13.5 Å². The van der Waals surface area contributed by atoms with Crippen LogP contribution in [0.25, 0.3) is 21.1 Å². The summed E-state index contributed by atoms with van der Waals surface area (Å²) in [7, 11) is 1.58. The molecule has 0 bridgehead atoms. The van der Waals surface area contributed by atoms with Crippen LogP contribution in [0.15, 0.2) is 48.5 Å². The number of carbonyl (C=O) groups excluding carboxylic acids is 1. The molecule has 1 N–H and O–H groups in total. The van der Waals surface area contributed by atoms with Crippen LogP contribution in [-0.2, 0) is 6.54 Å². The van der Waals surface area contributed by atoms with E-state index in [-0.39, 0.29) is 5.91 Å². The number of carbonyl (C=O) groups is 1. The second-order valence-electron chi connectivity index (χ2n) is 8.51. The van der Waals surface area contributed by atoms with E-state index in [9.17, 15) is 4.79 Å². The molecule has 34 heavy (non-hydrogen) atoms. The molecule has 0 unspecified atom stereocenters. The molecule has 1 fully saturated rings. The molecule has 0 spiro atoms. The minimum atomic E-state index is -0.140. The number of hydrogen-bond donors (Lipinski definition) is 1. The van der Waals surface area contributed by atoms with E-state index in [1.165, 1.54) is 16.9 Å². The average molecular weight is 495 g/mol. The summed E-state index contributed by atoms with van der Waals surface area (Å²) in [5.74, 6) is 0.446. The van der Waals surface area contributed by atoms with Gasteiger partial charge in [0.15, 0.2) is 0 Å². The van der Waals surface area contributed by atoms with Gasteiger partial charge in [0.25, 0.3) is 5.91 Å². The van der Waals surface area contributed by atoms with Gasteiger partial charge in [0.05, 0.1) is 17.5 Å². The highest BCUT2D eigenvalue weighted by molar-refractivity contribution is 7.20. The minimum absolute atomic E-state index is 0.140. The highest BCUT2D eigenvalue weighted by atomic mass is 35.5. The van der Waals surface area contributed by atoms with Crippen LogP contribution >= 0.6 is 22.9 Å². The quantitative estimate of drug-likeness (QED) is 0.383. The smallest absolute Gasteiger partial charge is 0.265 e. The zero-order chi connectivity index (χ0) is 23.7. The molecule has 4 aromatic rings. The third kappa shape index (κ3) is 4.74. The number of rotatable bonds is 6. The molecular weight excluding hydrogens is 468 g/mol. The Kier molecular flexibility index (Phi) is 6.70. The highest BCUT2D eigenvalue weighted by Gasteiger charge is 2.17. The number of fused-ring (bicyclic) bond motifs is 2. The molecular formula is C26H27ClN4O2S. The highest BCUT2D eigenvalue weighted by Crippen LogP contribution is 2.35. The first-order valence-electron chi connectivity index (χ1n) is 11.5. The van der Waals surface area contributed by atoms with Gasteiger partial charge in [-0.2, -0.15) is 0 Å². The van der Waals surface area contributed by atoms with Crippen molar-refractivity contribution in [3.8, 4) is 5.75 Å². The number of halogens is 1. The molecule has 0 saturated carbocycles. The van der Waals surface area contributed by atoms with Crippen molar-refractivity contribution >= 4 is 55.7 Å². The lowest BCUT2D eigenvalue weighted by Crippen LogP contribution is -2.45. The Hall–Kier alpha value is -2.71. The van der Waals surface area contributed by atoms with Crippen molar-refractivity contribution in [1.29, 1.82) is 0 Å². The van der Waals surface area contributed by atoms with Gasteiger partial charge in [0.1, 0.15) is 15.6 Å². The van der Waals surface area contributed by atoms with E-state index < -0.39 is 0 Å². The minimum Gasteiger partial charge on any atom is -0.495 e. The summed E-state index contributed by atoms with van der Waals surface area (Å²) in [5, 5.41) is 5.32. The number of amides is 1. The number of methoxy groups -OCH3 is 1. The van der Waals surface area contributed by atoms with E-state index in [0.717, 1.165) is 60.6 Å². The van der Waals surface area contributed by atoms with Crippen molar-refractivity contribution < 1.29 is 9.53 Å². The predicted molar refractivity (Wildman–Crippen MR) is 140 cm³/mol. The SMILES string of the molecule is CCN1CCN(Cc2ccc(NC(=O)c3cc4cc5ccc(OC)c(Cl)c5nc4s3)cc2)CC1. The third-order valence-corrected chi connectivity index (χ3v) is 7.76. The van der Waals surface area contributed by atoms with Crippen molar-refractivity contribution in [3.63, 3.8) is 0 Å². The fraction of sp³-hybridized carbons (Fsp3) is 0.308. The Morgan fingerprint density at radius 3 is 2.50 bits per heavy atom. The second kappa shape index (κ2) is 9.88. The lowest BCUT2D eigenvalue weighted by molar-refractivity contribution is 0.103. The molecule has 1 amide bonds. The first-order valence-corrected chi connectivity index (χ1v) is 12.7. The first kappa shape index (κ1) is 23.1. The van der Waals surface area contributed by atoms with Crippen LogP contribution in [0.4, 0.5) is 5.69 Å². The van der Waals surface area contributed by atoms with Crippen molar-refractivity contribution in [3.05, 3.63) is 64.0 Å². The molecule has 1 saturated heterocycles. The van der Waals surface area contributed by atoms with Crippen molar-refractivity contribution in [1.82, 2.24) is 14.8 Å². The maximum atomic E-state index is 12.9. The van der Waals surface area contributed by atoms with E-state index in [1.807, 2.05) is 36.4 Å². The molecule has 0 radical (unpaired) electrons. The van der Waals surface area contributed by atoms with Gasteiger partial charge in [-0.15, -0.1) is 11.3 Å². The lowest BCUT2D eigenvalue weighted by atomic mass is 10.1. The molecule has 2 aromatic heterocycles. The zero-order valence-electron chi connectivity index (χ0n) is 19.3. The van der Waals surface area contributed by atoms with Gasteiger partial charge in [0.2, 0.25) is 0 Å². The molecule has 2 aromatic carbocycles. The van der Waals surface area contributed by atoms with Crippen LogP contribution < -0.4 is 10.1 Å². The largest absolute Gasteiger partial charge is 0.495 e. The number of nitrogens with zero attached hydrogens (tertiary/aromatic N) is 3. The van der Waals surface area contributed by atoms with E-state index in [1.54, 1.807) is 7.11 Å². The Labute approximate surface area is 208 Å². The van der Waals surface area contributed by atoms with Gasteiger partial charge < -0.3 is 15.0 Å². The van der Waals surface area contributed by atoms with Gasteiger partial charge in [-0.3, -0.25) is 9.69 Å². The number of benzene rings is 2. The number of likely N-dealkylation sites (N-methyl/N-ethyl adjacent to an activating group) is 1. The molecule has 5 rings (SSSR count). The third-order valence-electron chi connectivity index (χ3n) is 6.35. The number of hydrogen-bond acceptors (Lipinski definition) is 6. The van der Waals surface area contributed by atoms with Crippen LogP contribution in [0.3, 0.4) is 0 Å². The number of aromatic nitrogens is 1. The lowest BCUT2D eigenvalue weighted by Gasteiger charge is -2.34. The maximum absolute atomic E-state index is 12.9. The van der Waals surface area contributed by atoms with E-state index in [2.05, 4.69) is 34.2 Å². The normalized spacial score (nSPS) is 15.1. The molecule has 0 atom stereocenters. The number of ether oxygens (including phenoxy) is 1. The molecule has 176 valence electrons. The number of nitrogens with one attached hydrogen (secondary N) is 1. The van der Waals surface area contributed by atoms with Crippen LogP contribution in [-0.4, -0.2) is 60.5 Å². The summed E-state index contributed by atoms with van der Waals surface area (Å²) < 4.78 is 5.30. The summed E-state index contributed by atoms with van der Waals surface area (Å²) in [5.41, 5.74) is 2.72. The average Bonchev–Trinajstić information content (AvgIpc) is 3.28. The Morgan fingerprint density at radius 2 is 1.79 bits per heavy atom. The van der Waals surface area contributed by atoms with Gasteiger partial charge in [0, 0.05) is 49.2 Å². The van der Waals surface area contributed by atoms with Gasteiger partial charge in [-0.05, 0) is 48.5 Å². The standard InChI is InChI=1S/C26H27ClN4O2S/c1-3-30-10-12-31(13-11-30)16-17-4-7-20(8-5-17)28-25(32)22-15-19-14-18-6-9-21(33-2)23(27)24(18)29-26(19)34-22/h4-9,14-15H,3,10-13,16H2,1-2H3,(H,28,32). The Bertz CT molecular complexity index is 1330. The molecule has 1 aliphatic heterocycles. The summed E-state index contributed by atoms with van der Waals surface area (Å²) >= 11 is 7.80. The van der Waals surface area contributed by atoms with Crippen molar-refractivity contribution in [2.75, 3.05) is 45.2 Å². The Morgan fingerprint density at radius 1 is 1.06 bits per heavy atom. The van der Waals surface area contributed by atoms with Crippen molar-refractivity contribution in [2.24, 2.45) is 0 Å². The molecule has 1 aliphatic rings. The van der Waals surface area contributed by atoms with Gasteiger partial charge in [-0.1, -0.05) is 30.7 Å². The summed E-state index contributed by atoms with van der Waals surface area (Å²) in [6.45, 7) is 8.73. The van der Waals surface area contributed by atoms with Crippen LogP contribution in [0.5, 0.6) is 5.75 Å². The van der Waals surface area contributed by atoms with Gasteiger partial charge >= 0.3 is 0 Å². The molecule has 8 heteroatoms. The second-order valence-corrected chi connectivity index (χ2v) is 9.92. The number of piperazine rings is 1. The van der Waals surface area contributed by atoms with E-state index in [4.69, 9.17) is 21.3 Å². The summed E-state index contributed by atoms with van der Waals surface area (Å²) in [6, 6.07) is 15.8. The monoisotopic (exact) mass is 494 g/mol. The number of pyridine rings is 1. The first-order chi connectivity index (χ1) is 16.5. The predicted octanol–water partition coefficient (Wildman–Crippen LogP) is 5.50. The fourth-order valence-electron chi connectivity index (χ4n) is 4.32. The molecule has 6 nitrogen and oxygen atoms in total. The van der Waals surface area contributed by atoms with E-state index in [0.29, 0.717) is 21.2 Å². The molecule has 0 aliphatic carbocycles. The number of anilines is 1. The zero-order valence-corrected chi connectivity index (χ0v) is 20.9. The van der Waals surface area contributed by atoms with Gasteiger partial charge in [-0.25, -0.2) is 4.98 Å². The fourth-order valence-corrected chi connectivity index (χ4v) is 5.53. The summed E-state index contributed by atoms with van der Waals surface area (Å²) in [6.07, 6.45) is 0. The maximum Gasteiger partial charge on any atom is 0.265 e.